The highest BCUT2D eigenvalue weighted by atomic mass is 16.5. The van der Waals surface area contributed by atoms with Crippen LogP contribution in [0.25, 0.3) is 5.57 Å². The van der Waals surface area contributed by atoms with Gasteiger partial charge in [0.15, 0.2) is 0 Å². The predicted molar refractivity (Wildman–Crippen MR) is 91.1 cm³/mol. The first-order chi connectivity index (χ1) is 11.1. The lowest BCUT2D eigenvalue weighted by atomic mass is 10.1. The highest BCUT2D eigenvalue weighted by Gasteiger charge is 2.12. The molecule has 0 aliphatic carbocycles. The molecule has 4 heteroatoms. The van der Waals surface area contributed by atoms with Gasteiger partial charge in [0.1, 0.15) is 5.75 Å². The minimum atomic E-state index is -0.413. The Labute approximate surface area is 136 Å². The van der Waals surface area contributed by atoms with E-state index in [2.05, 4.69) is 5.32 Å². The van der Waals surface area contributed by atoms with Crippen molar-refractivity contribution in [3.63, 3.8) is 0 Å². The minimum absolute atomic E-state index is 0.148. The number of benzene rings is 2. The summed E-state index contributed by atoms with van der Waals surface area (Å²) in [6, 6.07) is 16.5. The summed E-state index contributed by atoms with van der Waals surface area (Å²) in [5.74, 6) is 0.539. The maximum atomic E-state index is 12.2. The van der Waals surface area contributed by atoms with E-state index < -0.39 is 6.04 Å². The van der Waals surface area contributed by atoms with Gasteiger partial charge in [-0.3, -0.25) is 4.79 Å². The lowest BCUT2D eigenvalue weighted by Gasteiger charge is -2.15. The van der Waals surface area contributed by atoms with Crippen LogP contribution in [0.4, 0.5) is 0 Å². The van der Waals surface area contributed by atoms with E-state index in [0.717, 1.165) is 22.4 Å². The zero-order valence-corrected chi connectivity index (χ0v) is 13.3. The minimum Gasteiger partial charge on any atom is -0.497 e. The molecule has 0 unspecified atom stereocenters. The van der Waals surface area contributed by atoms with E-state index in [9.17, 15) is 9.90 Å². The molecule has 0 heterocycles. The third kappa shape index (κ3) is 4.69. The summed E-state index contributed by atoms with van der Waals surface area (Å²) in [7, 11) is 1.61. The molecule has 0 aliphatic rings. The molecule has 1 amide bonds. The highest BCUT2D eigenvalue weighted by Crippen LogP contribution is 2.18. The van der Waals surface area contributed by atoms with E-state index in [4.69, 9.17) is 4.74 Å². The summed E-state index contributed by atoms with van der Waals surface area (Å²) >= 11 is 0. The molecule has 4 nitrogen and oxygen atoms in total. The second kappa shape index (κ2) is 8.15. The van der Waals surface area contributed by atoms with Crippen molar-refractivity contribution in [2.24, 2.45) is 0 Å². The third-order valence-electron chi connectivity index (χ3n) is 3.59. The number of methoxy groups -OCH3 is 1. The molecule has 0 saturated heterocycles. The zero-order valence-electron chi connectivity index (χ0n) is 13.3. The van der Waals surface area contributed by atoms with E-state index in [1.54, 1.807) is 7.11 Å². The molecule has 0 radical (unpaired) electrons. The fraction of sp³-hybridized carbons (Fsp3) is 0.211. The van der Waals surface area contributed by atoms with Gasteiger partial charge in [-0.05, 0) is 35.8 Å². The molecule has 2 aromatic rings. The number of aliphatic hydroxyl groups is 1. The van der Waals surface area contributed by atoms with Crippen LogP contribution >= 0.6 is 0 Å². The molecule has 0 fully saturated rings. The monoisotopic (exact) mass is 311 g/mol. The van der Waals surface area contributed by atoms with Gasteiger partial charge < -0.3 is 15.2 Å². The van der Waals surface area contributed by atoms with Gasteiger partial charge in [0, 0.05) is 6.08 Å². The molecular formula is C19H21NO3. The molecular weight excluding hydrogens is 290 g/mol. The summed E-state index contributed by atoms with van der Waals surface area (Å²) in [6.45, 7) is 1.73. The Morgan fingerprint density at radius 2 is 1.83 bits per heavy atom. The van der Waals surface area contributed by atoms with Crippen LogP contribution in [-0.4, -0.2) is 24.7 Å². The second-order valence-electron chi connectivity index (χ2n) is 5.21. The molecule has 2 rings (SSSR count). The van der Waals surface area contributed by atoms with Crippen molar-refractivity contribution < 1.29 is 14.6 Å². The van der Waals surface area contributed by atoms with E-state index >= 15 is 0 Å². The Bertz CT molecular complexity index is 663. The number of allylic oxidation sites excluding steroid dienone is 1. The summed E-state index contributed by atoms with van der Waals surface area (Å²) in [5.41, 5.74) is 2.66. The van der Waals surface area contributed by atoms with Crippen molar-refractivity contribution >= 4 is 11.5 Å². The molecule has 0 spiro atoms. The number of amides is 1. The van der Waals surface area contributed by atoms with Gasteiger partial charge in [-0.15, -0.1) is 0 Å². The van der Waals surface area contributed by atoms with Crippen LogP contribution < -0.4 is 10.1 Å². The van der Waals surface area contributed by atoms with Crippen molar-refractivity contribution in [1.29, 1.82) is 0 Å². The Morgan fingerprint density at radius 3 is 2.39 bits per heavy atom. The number of aliphatic hydroxyl groups excluding tert-OH is 1. The number of hydrogen-bond acceptors (Lipinski definition) is 3. The topological polar surface area (TPSA) is 58.6 Å². The zero-order chi connectivity index (χ0) is 16.7. The van der Waals surface area contributed by atoms with Gasteiger partial charge >= 0.3 is 0 Å². The maximum absolute atomic E-state index is 12.2. The van der Waals surface area contributed by atoms with Crippen LogP contribution in [0.15, 0.2) is 60.7 Å². The quantitative estimate of drug-likeness (QED) is 0.806. The third-order valence-corrected chi connectivity index (χ3v) is 3.59. The summed E-state index contributed by atoms with van der Waals surface area (Å²) in [6.07, 6.45) is 1.54. The highest BCUT2D eigenvalue weighted by molar-refractivity contribution is 5.95. The summed E-state index contributed by atoms with van der Waals surface area (Å²) in [4.78, 5) is 12.2. The van der Waals surface area contributed by atoms with Gasteiger partial charge in [0.05, 0.1) is 19.8 Å². The van der Waals surface area contributed by atoms with Crippen molar-refractivity contribution in [3.05, 3.63) is 71.8 Å². The molecule has 120 valence electrons. The second-order valence-corrected chi connectivity index (χ2v) is 5.21. The predicted octanol–water partition coefficient (Wildman–Crippen LogP) is 2.95. The smallest absolute Gasteiger partial charge is 0.244 e. The summed E-state index contributed by atoms with van der Waals surface area (Å²) < 4.78 is 5.12. The van der Waals surface area contributed by atoms with E-state index in [1.807, 2.05) is 61.5 Å². The molecule has 0 bridgehead atoms. The Hall–Kier alpha value is -2.59. The number of carbonyl (C=O) groups is 1. The number of hydrogen-bond donors (Lipinski definition) is 2. The van der Waals surface area contributed by atoms with Gasteiger partial charge in [0.2, 0.25) is 5.91 Å². The van der Waals surface area contributed by atoms with Crippen molar-refractivity contribution in [3.8, 4) is 5.75 Å². The molecule has 23 heavy (non-hydrogen) atoms. The van der Waals surface area contributed by atoms with Crippen molar-refractivity contribution in [2.45, 2.75) is 13.0 Å². The molecule has 0 saturated carbocycles. The number of carbonyl (C=O) groups excluding carboxylic acids is 1. The average Bonchev–Trinajstić information content (AvgIpc) is 2.60. The first-order valence-corrected chi connectivity index (χ1v) is 7.43. The van der Waals surface area contributed by atoms with E-state index in [-0.39, 0.29) is 12.5 Å². The van der Waals surface area contributed by atoms with E-state index in [0.29, 0.717) is 0 Å². The van der Waals surface area contributed by atoms with Gasteiger partial charge in [-0.2, -0.15) is 0 Å². The Balaban J connectivity index is 2.06. The lowest BCUT2D eigenvalue weighted by molar-refractivity contribution is -0.117. The van der Waals surface area contributed by atoms with Crippen molar-refractivity contribution in [1.82, 2.24) is 5.32 Å². The fourth-order valence-electron chi connectivity index (χ4n) is 2.27. The molecule has 0 aromatic heterocycles. The lowest BCUT2D eigenvalue weighted by Crippen LogP contribution is -2.29. The Kier molecular flexibility index (Phi) is 5.94. The largest absolute Gasteiger partial charge is 0.497 e. The van der Waals surface area contributed by atoms with E-state index in [1.165, 1.54) is 6.08 Å². The van der Waals surface area contributed by atoms with Gasteiger partial charge in [-0.25, -0.2) is 0 Å². The Morgan fingerprint density at radius 1 is 1.17 bits per heavy atom. The van der Waals surface area contributed by atoms with Crippen LogP contribution in [0.3, 0.4) is 0 Å². The van der Waals surface area contributed by atoms with Gasteiger partial charge in [-0.1, -0.05) is 42.5 Å². The number of ether oxygens (including phenoxy) is 1. The maximum Gasteiger partial charge on any atom is 0.244 e. The van der Waals surface area contributed by atoms with Crippen LogP contribution in [-0.2, 0) is 4.79 Å². The number of nitrogens with one attached hydrogen (secondary N) is 1. The van der Waals surface area contributed by atoms with Gasteiger partial charge in [0.25, 0.3) is 0 Å². The molecule has 0 aliphatic heterocycles. The normalized spacial score (nSPS) is 12.6. The standard InChI is InChI=1S/C19H21NO3/c1-14(15-8-10-17(23-2)11-9-15)12-19(22)20-18(13-21)16-6-4-3-5-7-16/h3-12,18,21H,13H2,1-2H3,(H,20,22)/b14-12+/t18-/m1/s1. The van der Waals surface area contributed by atoms with Crippen LogP contribution in [0.2, 0.25) is 0 Å². The average molecular weight is 311 g/mol. The molecule has 2 aromatic carbocycles. The molecule has 1 atom stereocenters. The van der Waals surface area contributed by atoms with Crippen molar-refractivity contribution in [2.75, 3.05) is 13.7 Å². The van der Waals surface area contributed by atoms with Crippen LogP contribution in [0.1, 0.15) is 24.1 Å². The molecule has 2 N–H and O–H groups in total. The first-order valence-electron chi connectivity index (χ1n) is 7.43. The summed E-state index contributed by atoms with van der Waals surface area (Å²) in [5, 5.41) is 12.3. The SMILES string of the molecule is COc1ccc(/C(C)=C/C(=O)N[C@H](CO)c2ccccc2)cc1. The van der Waals surface area contributed by atoms with Crippen LogP contribution in [0, 0.1) is 0 Å². The number of rotatable bonds is 6. The first kappa shape index (κ1) is 16.8. The fourth-order valence-corrected chi connectivity index (χ4v) is 2.27. The van der Waals surface area contributed by atoms with Crippen LogP contribution in [0.5, 0.6) is 5.75 Å².